The summed E-state index contributed by atoms with van der Waals surface area (Å²) in [5, 5.41) is 9.00. The Bertz CT molecular complexity index is 767. The maximum atomic E-state index is 12.8. The van der Waals surface area contributed by atoms with Crippen molar-refractivity contribution in [2.24, 2.45) is 5.92 Å². The smallest absolute Gasteiger partial charge is 0.182 e. The van der Waals surface area contributed by atoms with Gasteiger partial charge in [0.2, 0.25) is 0 Å². The first-order valence-electron chi connectivity index (χ1n) is 7.12. The van der Waals surface area contributed by atoms with Crippen molar-refractivity contribution in [3.05, 3.63) is 64.1 Å². The van der Waals surface area contributed by atoms with Crippen molar-refractivity contribution >= 4 is 25.8 Å². The summed E-state index contributed by atoms with van der Waals surface area (Å²) in [5.74, 6) is -0.364. The number of halogens is 1. The summed E-state index contributed by atoms with van der Waals surface area (Å²) in [7, 11) is -3.42. The number of aryl methyl sites for hydroxylation is 1. The maximum Gasteiger partial charge on any atom is 0.182 e. The molecule has 3 nitrogen and oxygen atoms in total. The van der Waals surface area contributed by atoms with Gasteiger partial charge in [0.15, 0.2) is 9.84 Å². The minimum absolute atomic E-state index is 0.115. The zero-order chi connectivity index (χ0) is 15.9. The Morgan fingerprint density at radius 1 is 1.05 bits per heavy atom. The summed E-state index contributed by atoms with van der Waals surface area (Å²) in [5.41, 5.74) is 1.99. The molecule has 1 N–H and O–H groups in total. The van der Waals surface area contributed by atoms with Crippen LogP contribution in [0.15, 0.2) is 57.9 Å². The van der Waals surface area contributed by atoms with Crippen molar-refractivity contribution in [1.29, 1.82) is 0 Å². The van der Waals surface area contributed by atoms with E-state index in [9.17, 15) is 13.5 Å². The highest BCUT2D eigenvalue weighted by atomic mass is 79.9. The Hall–Kier alpha value is -1.17. The first-order chi connectivity index (χ1) is 10.4. The number of sulfone groups is 1. The summed E-state index contributed by atoms with van der Waals surface area (Å²) in [6.45, 7) is 1.81. The van der Waals surface area contributed by atoms with Gasteiger partial charge in [-0.05, 0) is 36.8 Å². The summed E-state index contributed by atoms with van der Waals surface area (Å²) in [6.07, 6.45) is 0. The highest BCUT2D eigenvalue weighted by molar-refractivity contribution is 9.10. The van der Waals surface area contributed by atoms with Gasteiger partial charge in [-0.1, -0.05) is 45.8 Å². The van der Waals surface area contributed by atoms with Gasteiger partial charge in [0.05, 0.1) is 10.1 Å². The first kappa shape index (κ1) is 15.7. The van der Waals surface area contributed by atoms with E-state index in [1.54, 1.807) is 24.3 Å². The molecular formula is C17H17BrO3S. The molecule has 2 aromatic carbocycles. The van der Waals surface area contributed by atoms with Gasteiger partial charge in [0, 0.05) is 22.9 Å². The Kier molecular flexibility index (Phi) is 4.14. The Labute approximate surface area is 139 Å². The van der Waals surface area contributed by atoms with Crippen LogP contribution in [-0.2, 0) is 9.84 Å². The average molecular weight is 381 g/mol. The molecule has 0 bridgehead atoms. The van der Waals surface area contributed by atoms with Crippen molar-refractivity contribution in [2.45, 2.75) is 23.0 Å². The lowest BCUT2D eigenvalue weighted by Crippen LogP contribution is -2.11. The van der Waals surface area contributed by atoms with E-state index in [-0.39, 0.29) is 18.4 Å². The van der Waals surface area contributed by atoms with Crippen LogP contribution in [0, 0.1) is 12.8 Å². The van der Waals surface area contributed by atoms with Gasteiger partial charge in [0.1, 0.15) is 0 Å². The Balaban J connectivity index is 1.93. The fourth-order valence-electron chi connectivity index (χ4n) is 2.99. The van der Waals surface area contributed by atoms with Crippen LogP contribution in [-0.4, -0.2) is 25.4 Å². The number of aliphatic hydroxyl groups excluding tert-OH is 1. The minimum Gasteiger partial charge on any atom is -0.396 e. The number of rotatable bonds is 4. The van der Waals surface area contributed by atoms with Crippen LogP contribution in [0.4, 0.5) is 0 Å². The fraction of sp³-hybridized carbons (Fsp3) is 0.294. The zero-order valence-electron chi connectivity index (χ0n) is 12.1. The van der Waals surface area contributed by atoms with Crippen LogP contribution in [0.5, 0.6) is 0 Å². The van der Waals surface area contributed by atoms with Crippen LogP contribution < -0.4 is 0 Å². The van der Waals surface area contributed by atoms with Crippen molar-refractivity contribution in [3.63, 3.8) is 0 Å². The fourth-order valence-corrected chi connectivity index (χ4v) is 5.45. The molecule has 1 saturated carbocycles. The molecule has 0 aliphatic heterocycles. The predicted octanol–water partition coefficient (Wildman–Crippen LogP) is 3.31. The van der Waals surface area contributed by atoms with Gasteiger partial charge in [-0.2, -0.15) is 0 Å². The molecule has 116 valence electrons. The summed E-state index contributed by atoms with van der Waals surface area (Å²) >= 11 is 3.38. The van der Waals surface area contributed by atoms with Gasteiger partial charge >= 0.3 is 0 Å². The van der Waals surface area contributed by atoms with Crippen LogP contribution in [0.3, 0.4) is 0 Å². The second-order valence-corrected chi connectivity index (χ2v) is 8.77. The highest BCUT2D eigenvalue weighted by Gasteiger charge is 2.58. The van der Waals surface area contributed by atoms with Gasteiger partial charge < -0.3 is 5.11 Å². The molecule has 1 aliphatic rings. The van der Waals surface area contributed by atoms with Crippen molar-refractivity contribution in [2.75, 3.05) is 6.61 Å². The monoisotopic (exact) mass is 380 g/mol. The second-order valence-electron chi connectivity index (χ2n) is 5.75. The molecule has 2 aromatic rings. The van der Waals surface area contributed by atoms with E-state index in [0.29, 0.717) is 4.90 Å². The van der Waals surface area contributed by atoms with Crippen molar-refractivity contribution in [1.82, 2.24) is 0 Å². The summed E-state index contributed by atoms with van der Waals surface area (Å²) in [6, 6.07) is 14.5. The second kappa shape index (κ2) is 5.80. The Morgan fingerprint density at radius 2 is 1.64 bits per heavy atom. The lowest BCUT2D eigenvalue weighted by Gasteiger charge is -2.05. The average Bonchev–Trinajstić information content (AvgIpc) is 3.24. The van der Waals surface area contributed by atoms with E-state index in [0.717, 1.165) is 15.6 Å². The summed E-state index contributed by atoms with van der Waals surface area (Å²) in [4.78, 5) is 0.334. The van der Waals surface area contributed by atoms with E-state index < -0.39 is 15.1 Å². The molecule has 0 heterocycles. The van der Waals surface area contributed by atoms with Crippen LogP contribution in [0.1, 0.15) is 17.0 Å². The molecule has 3 atom stereocenters. The molecule has 0 unspecified atom stereocenters. The lowest BCUT2D eigenvalue weighted by molar-refractivity contribution is 0.274. The third-order valence-electron chi connectivity index (χ3n) is 4.27. The lowest BCUT2D eigenvalue weighted by atomic mass is 10.1. The number of aliphatic hydroxyl groups is 1. The number of hydrogen-bond acceptors (Lipinski definition) is 3. The molecule has 0 aromatic heterocycles. The van der Waals surface area contributed by atoms with E-state index in [1.165, 1.54) is 0 Å². The van der Waals surface area contributed by atoms with E-state index in [1.807, 2.05) is 31.2 Å². The first-order valence-corrected chi connectivity index (χ1v) is 9.46. The minimum atomic E-state index is -3.42. The zero-order valence-corrected chi connectivity index (χ0v) is 14.5. The molecular weight excluding hydrogens is 364 g/mol. The normalized spacial score (nSPS) is 24.2. The molecule has 5 heteroatoms. The molecule has 0 amide bonds. The largest absolute Gasteiger partial charge is 0.396 e. The third kappa shape index (κ3) is 2.73. The number of benzene rings is 2. The molecule has 22 heavy (non-hydrogen) atoms. The van der Waals surface area contributed by atoms with E-state index in [4.69, 9.17) is 0 Å². The predicted molar refractivity (Wildman–Crippen MR) is 89.6 cm³/mol. The van der Waals surface area contributed by atoms with Crippen molar-refractivity contribution < 1.29 is 13.5 Å². The third-order valence-corrected chi connectivity index (χ3v) is 7.09. The molecule has 3 rings (SSSR count). The van der Waals surface area contributed by atoms with Gasteiger partial charge in [-0.3, -0.25) is 0 Å². The maximum absolute atomic E-state index is 12.8. The van der Waals surface area contributed by atoms with Crippen LogP contribution >= 0.6 is 15.9 Å². The van der Waals surface area contributed by atoms with Gasteiger partial charge in [-0.25, -0.2) is 8.42 Å². The molecule has 0 radical (unpaired) electrons. The topological polar surface area (TPSA) is 54.4 Å². The number of hydrogen-bond donors (Lipinski definition) is 1. The Morgan fingerprint density at radius 3 is 2.18 bits per heavy atom. The molecule has 0 saturated heterocycles. The SMILES string of the molecule is Cc1ccc(S(=O)(=O)[C@H]2[C@@H](CO)[C@@H]2c2ccc(Br)cc2)cc1. The van der Waals surface area contributed by atoms with E-state index >= 15 is 0 Å². The van der Waals surface area contributed by atoms with Crippen molar-refractivity contribution in [3.8, 4) is 0 Å². The van der Waals surface area contributed by atoms with Crippen LogP contribution in [0.25, 0.3) is 0 Å². The molecule has 1 fully saturated rings. The molecule has 1 aliphatic carbocycles. The molecule has 0 spiro atoms. The summed E-state index contributed by atoms with van der Waals surface area (Å²) < 4.78 is 26.6. The quantitative estimate of drug-likeness (QED) is 0.884. The highest BCUT2D eigenvalue weighted by Crippen LogP contribution is 2.53. The standard InChI is InChI=1S/C17H17BrO3S/c1-11-2-8-14(9-3-11)22(20,21)17-15(10-19)16(17)12-4-6-13(18)7-5-12/h2-9,15-17,19H,10H2,1H3/t15-,16-,17-/m0/s1. The van der Waals surface area contributed by atoms with Gasteiger partial charge in [-0.15, -0.1) is 0 Å². The van der Waals surface area contributed by atoms with Gasteiger partial charge in [0.25, 0.3) is 0 Å². The van der Waals surface area contributed by atoms with E-state index in [2.05, 4.69) is 15.9 Å². The van der Waals surface area contributed by atoms with Crippen LogP contribution in [0.2, 0.25) is 0 Å².